The molecule has 0 fully saturated rings. The first-order chi connectivity index (χ1) is 9.74. The van der Waals surface area contributed by atoms with Gasteiger partial charge in [0.05, 0.1) is 6.26 Å². The molecule has 0 bridgehead atoms. The third kappa shape index (κ3) is 1.55. The van der Waals surface area contributed by atoms with Gasteiger partial charge in [0, 0.05) is 32.0 Å². The van der Waals surface area contributed by atoms with Gasteiger partial charge in [0.2, 0.25) is 0 Å². The summed E-state index contributed by atoms with van der Waals surface area (Å²) in [7, 11) is 0. The summed E-state index contributed by atoms with van der Waals surface area (Å²) in [5, 5.41) is 13.3. The van der Waals surface area contributed by atoms with Crippen LogP contribution >= 0.6 is 11.3 Å². The van der Waals surface area contributed by atoms with E-state index >= 15 is 0 Å². The van der Waals surface area contributed by atoms with Crippen LogP contribution in [0.3, 0.4) is 0 Å². The highest BCUT2D eigenvalue weighted by Gasteiger charge is 2.15. The fourth-order valence-electron chi connectivity index (χ4n) is 2.46. The number of hydrogen-bond donors (Lipinski definition) is 1. The van der Waals surface area contributed by atoms with Crippen molar-refractivity contribution in [1.29, 1.82) is 0 Å². The Hall–Kier alpha value is -2.33. The molecule has 0 aliphatic rings. The van der Waals surface area contributed by atoms with Crippen LogP contribution in [0.1, 0.15) is 0 Å². The van der Waals surface area contributed by atoms with Gasteiger partial charge in [0.15, 0.2) is 0 Å². The lowest BCUT2D eigenvalue weighted by Gasteiger charge is -2.04. The van der Waals surface area contributed by atoms with Crippen molar-refractivity contribution in [3.05, 3.63) is 53.9 Å². The summed E-state index contributed by atoms with van der Waals surface area (Å²) in [6.07, 6.45) is 1.54. The topological polar surface area (TPSA) is 33.4 Å². The number of phenolic OH excluding ortho intramolecular Hbond substituents is 1. The molecule has 0 aliphatic heterocycles. The summed E-state index contributed by atoms with van der Waals surface area (Å²) in [6.45, 7) is 0. The number of hydrogen-bond acceptors (Lipinski definition) is 3. The zero-order valence-corrected chi connectivity index (χ0v) is 11.1. The molecule has 2 aromatic carbocycles. The Bertz CT molecular complexity index is 936. The van der Waals surface area contributed by atoms with Gasteiger partial charge in [-0.25, -0.2) is 4.39 Å². The molecular weight excluding hydrogens is 275 g/mol. The second-order valence-electron chi connectivity index (χ2n) is 4.59. The van der Waals surface area contributed by atoms with Crippen LogP contribution in [-0.4, -0.2) is 5.11 Å². The minimum Gasteiger partial charge on any atom is -0.507 e. The molecule has 0 unspecified atom stereocenters. The molecule has 4 heteroatoms. The predicted molar refractivity (Wildman–Crippen MR) is 78.7 cm³/mol. The van der Waals surface area contributed by atoms with Gasteiger partial charge in [-0.05, 0) is 30.3 Å². The Morgan fingerprint density at radius 3 is 2.90 bits per heavy atom. The Morgan fingerprint density at radius 2 is 2.00 bits per heavy atom. The Kier molecular flexibility index (Phi) is 2.35. The number of fused-ring (bicyclic) bond motifs is 2. The van der Waals surface area contributed by atoms with Crippen molar-refractivity contribution in [3.8, 4) is 16.9 Å². The summed E-state index contributed by atoms with van der Waals surface area (Å²) in [5.74, 6) is -0.153. The standard InChI is InChI=1S/C16H9FO2S/c17-12-6-9-4-5-19-14(9)7-10(12)11-8-20-15-3-1-2-13(18)16(11)15/h1-8,18H. The van der Waals surface area contributed by atoms with Crippen LogP contribution in [0, 0.1) is 5.82 Å². The van der Waals surface area contributed by atoms with Crippen LogP contribution in [0.25, 0.3) is 32.2 Å². The van der Waals surface area contributed by atoms with Crippen molar-refractivity contribution in [2.24, 2.45) is 0 Å². The smallest absolute Gasteiger partial charge is 0.134 e. The van der Waals surface area contributed by atoms with Crippen LogP contribution < -0.4 is 0 Å². The van der Waals surface area contributed by atoms with Gasteiger partial charge >= 0.3 is 0 Å². The van der Waals surface area contributed by atoms with Crippen molar-refractivity contribution in [2.75, 3.05) is 0 Å². The van der Waals surface area contributed by atoms with E-state index in [0.29, 0.717) is 22.1 Å². The first kappa shape index (κ1) is 11.5. The summed E-state index contributed by atoms with van der Waals surface area (Å²) >= 11 is 1.48. The lowest BCUT2D eigenvalue weighted by Crippen LogP contribution is -1.83. The van der Waals surface area contributed by atoms with E-state index in [1.54, 1.807) is 24.3 Å². The lowest BCUT2D eigenvalue weighted by molar-refractivity contribution is 0.482. The van der Waals surface area contributed by atoms with E-state index in [1.807, 2.05) is 11.4 Å². The van der Waals surface area contributed by atoms with Gasteiger partial charge in [-0.3, -0.25) is 0 Å². The fourth-order valence-corrected chi connectivity index (χ4v) is 3.44. The first-order valence-corrected chi connectivity index (χ1v) is 6.98. The van der Waals surface area contributed by atoms with E-state index < -0.39 is 0 Å². The van der Waals surface area contributed by atoms with Gasteiger partial charge < -0.3 is 9.52 Å². The number of aromatic hydroxyl groups is 1. The zero-order chi connectivity index (χ0) is 13.7. The van der Waals surface area contributed by atoms with Gasteiger partial charge in [0.1, 0.15) is 17.1 Å². The summed E-state index contributed by atoms with van der Waals surface area (Å²) in [6, 6.07) is 10.2. The second kappa shape index (κ2) is 4.08. The molecule has 0 amide bonds. The Morgan fingerprint density at radius 1 is 1.10 bits per heavy atom. The number of rotatable bonds is 1. The van der Waals surface area contributed by atoms with Crippen molar-refractivity contribution < 1.29 is 13.9 Å². The van der Waals surface area contributed by atoms with Crippen molar-refractivity contribution in [2.45, 2.75) is 0 Å². The van der Waals surface area contributed by atoms with Gasteiger partial charge in [0.25, 0.3) is 0 Å². The van der Waals surface area contributed by atoms with Gasteiger partial charge in [-0.1, -0.05) is 6.07 Å². The van der Waals surface area contributed by atoms with E-state index in [1.165, 1.54) is 23.7 Å². The number of furan rings is 1. The van der Waals surface area contributed by atoms with E-state index in [9.17, 15) is 9.50 Å². The fraction of sp³-hybridized carbons (Fsp3) is 0. The Labute approximate surface area is 117 Å². The monoisotopic (exact) mass is 284 g/mol. The molecule has 2 aromatic heterocycles. The molecule has 20 heavy (non-hydrogen) atoms. The highest BCUT2D eigenvalue weighted by atomic mass is 32.1. The molecule has 4 rings (SSSR count). The van der Waals surface area contributed by atoms with Crippen LogP contribution in [0.5, 0.6) is 5.75 Å². The van der Waals surface area contributed by atoms with E-state index in [-0.39, 0.29) is 11.6 Å². The lowest BCUT2D eigenvalue weighted by atomic mass is 10.0. The average Bonchev–Trinajstić information content (AvgIpc) is 3.04. The molecule has 4 aromatic rings. The largest absolute Gasteiger partial charge is 0.507 e. The maximum atomic E-state index is 14.3. The molecule has 0 aliphatic carbocycles. The number of phenols is 1. The van der Waals surface area contributed by atoms with Gasteiger partial charge in [-0.15, -0.1) is 11.3 Å². The first-order valence-electron chi connectivity index (χ1n) is 6.10. The van der Waals surface area contributed by atoms with E-state index in [2.05, 4.69) is 0 Å². The molecule has 0 radical (unpaired) electrons. The molecule has 0 saturated heterocycles. The molecular formula is C16H9FO2S. The average molecular weight is 284 g/mol. The van der Waals surface area contributed by atoms with Gasteiger partial charge in [-0.2, -0.15) is 0 Å². The van der Waals surface area contributed by atoms with Crippen molar-refractivity contribution in [3.63, 3.8) is 0 Å². The van der Waals surface area contributed by atoms with Crippen LogP contribution in [0.15, 0.2) is 52.5 Å². The minimum atomic E-state index is -0.318. The van der Waals surface area contributed by atoms with Crippen LogP contribution in [0.2, 0.25) is 0 Å². The number of thiophene rings is 1. The molecule has 2 nitrogen and oxygen atoms in total. The zero-order valence-electron chi connectivity index (χ0n) is 10.3. The normalized spacial score (nSPS) is 11.4. The van der Waals surface area contributed by atoms with Crippen molar-refractivity contribution in [1.82, 2.24) is 0 Å². The van der Waals surface area contributed by atoms with Crippen molar-refractivity contribution >= 4 is 32.4 Å². The summed E-state index contributed by atoms with van der Waals surface area (Å²) in [4.78, 5) is 0. The Balaban J connectivity index is 2.08. The third-order valence-corrected chi connectivity index (χ3v) is 4.36. The maximum absolute atomic E-state index is 14.3. The minimum absolute atomic E-state index is 0.165. The quantitative estimate of drug-likeness (QED) is 0.524. The van der Waals surface area contributed by atoms with Crippen LogP contribution in [-0.2, 0) is 0 Å². The number of benzene rings is 2. The number of halogens is 1. The molecule has 1 N–H and O–H groups in total. The van der Waals surface area contributed by atoms with E-state index in [4.69, 9.17) is 4.42 Å². The third-order valence-electron chi connectivity index (χ3n) is 3.41. The van der Waals surface area contributed by atoms with E-state index in [0.717, 1.165) is 10.1 Å². The molecule has 0 atom stereocenters. The molecule has 98 valence electrons. The van der Waals surface area contributed by atoms with Crippen LogP contribution in [0.4, 0.5) is 4.39 Å². The highest BCUT2D eigenvalue weighted by Crippen LogP contribution is 2.40. The summed E-state index contributed by atoms with van der Waals surface area (Å²) < 4.78 is 20.6. The molecule has 0 spiro atoms. The predicted octanol–water partition coefficient (Wildman–Crippen LogP) is 5.16. The highest BCUT2D eigenvalue weighted by molar-refractivity contribution is 7.17. The molecule has 0 saturated carbocycles. The second-order valence-corrected chi connectivity index (χ2v) is 5.50. The molecule has 2 heterocycles. The SMILES string of the molecule is Oc1cccc2scc(-c3cc4occc4cc3F)c12. The maximum Gasteiger partial charge on any atom is 0.134 e. The summed E-state index contributed by atoms with van der Waals surface area (Å²) in [5.41, 5.74) is 1.77.